The van der Waals surface area contributed by atoms with Crippen molar-refractivity contribution in [2.75, 3.05) is 19.6 Å². The molecule has 94 valence electrons. The lowest BCUT2D eigenvalue weighted by Gasteiger charge is -2.31. The summed E-state index contributed by atoms with van der Waals surface area (Å²) in [5.41, 5.74) is -0.710. The second-order valence-corrected chi connectivity index (χ2v) is 4.97. The van der Waals surface area contributed by atoms with Gasteiger partial charge in [-0.15, -0.1) is 0 Å². The Balaban J connectivity index is 2.73. The van der Waals surface area contributed by atoms with Crippen LogP contribution < -0.4 is 5.32 Å². The highest BCUT2D eigenvalue weighted by atomic mass is 16.4. The van der Waals surface area contributed by atoms with Gasteiger partial charge < -0.3 is 10.0 Å². The molecule has 4 nitrogen and oxygen atoms in total. The van der Waals surface area contributed by atoms with Gasteiger partial charge in [0.2, 0.25) is 0 Å². The van der Waals surface area contributed by atoms with Gasteiger partial charge in [-0.1, -0.05) is 6.92 Å². The minimum atomic E-state index is -0.710. The van der Waals surface area contributed by atoms with Crippen molar-refractivity contribution in [1.82, 2.24) is 10.2 Å². The van der Waals surface area contributed by atoms with Gasteiger partial charge in [-0.05, 0) is 46.2 Å². The Morgan fingerprint density at radius 2 is 2.12 bits per heavy atom. The molecule has 1 aliphatic rings. The fourth-order valence-electron chi connectivity index (χ4n) is 2.48. The van der Waals surface area contributed by atoms with Crippen molar-refractivity contribution < 1.29 is 9.90 Å². The summed E-state index contributed by atoms with van der Waals surface area (Å²) in [7, 11) is 0. The second kappa shape index (κ2) is 5.64. The first-order valence-electron chi connectivity index (χ1n) is 6.23. The number of nitrogens with one attached hydrogen (secondary N) is 1. The molecule has 1 rings (SSSR count). The maximum absolute atomic E-state index is 11.5. The Hall–Kier alpha value is -0.610. The van der Waals surface area contributed by atoms with Crippen LogP contribution in [-0.4, -0.2) is 47.2 Å². The smallest absolute Gasteiger partial charge is 0.323 e. The molecule has 0 aromatic carbocycles. The number of hydrogen-bond donors (Lipinski definition) is 2. The summed E-state index contributed by atoms with van der Waals surface area (Å²) in [6.45, 7) is 9.05. The van der Waals surface area contributed by atoms with Crippen molar-refractivity contribution in [1.29, 1.82) is 0 Å². The molecule has 1 heterocycles. The second-order valence-electron chi connectivity index (χ2n) is 4.97. The third-order valence-electron chi connectivity index (χ3n) is 3.35. The highest BCUT2D eigenvalue weighted by Crippen LogP contribution is 2.23. The molecule has 16 heavy (non-hydrogen) atoms. The van der Waals surface area contributed by atoms with Crippen LogP contribution in [0.1, 0.15) is 40.0 Å². The Bertz CT molecular complexity index is 243. The first-order valence-corrected chi connectivity index (χ1v) is 6.23. The Morgan fingerprint density at radius 1 is 1.44 bits per heavy atom. The first-order chi connectivity index (χ1) is 7.50. The van der Waals surface area contributed by atoms with E-state index >= 15 is 0 Å². The summed E-state index contributed by atoms with van der Waals surface area (Å²) in [4.78, 5) is 13.8. The highest BCUT2D eigenvalue weighted by molar-refractivity contribution is 5.78. The van der Waals surface area contributed by atoms with E-state index in [0.29, 0.717) is 6.42 Å². The maximum Gasteiger partial charge on any atom is 0.323 e. The van der Waals surface area contributed by atoms with Crippen LogP contribution in [0.4, 0.5) is 0 Å². The van der Waals surface area contributed by atoms with E-state index in [1.165, 1.54) is 0 Å². The van der Waals surface area contributed by atoms with Crippen LogP contribution in [0.25, 0.3) is 0 Å². The molecule has 0 aliphatic carbocycles. The standard InChI is InChI=1S/C12H24N2O2/c1-4-14-8-5-6-12(7-9-14,11(15)16)13-10(2)3/h10,13H,4-9H2,1-3H3,(H,15,16). The van der Waals surface area contributed by atoms with Crippen molar-refractivity contribution in [3.8, 4) is 0 Å². The monoisotopic (exact) mass is 228 g/mol. The summed E-state index contributed by atoms with van der Waals surface area (Å²) >= 11 is 0. The molecule has 1 aliphatic heterocycles. The van der Waals surface area contributed by atoms with E-state index < -0.39 is 11.5 Å². The molecule has 0 aromatic rings. The van der Waals surface area contributed by atoms with Crippen LogP contribution in [0, 0.1) is 0 Å². The van der Waals surface area contributed by atoms with Gasteiger partial charge in [-0.3, -0.25) is 10.1 Å². The van der Waals surface area contributed by atoms with E-state index in [4.69, 9.17) is 0 Å². The fourth-order valence-corrected chi connectivity index (χ4v) is 2.48. The Morgan fingerprint density at radius 3 is 2.62 bits per heavy atom. The van der Waals surface area contributed by atoms with Crippen molar-refractivity contribution in [2.24, 2.45) is 0 Å². The van der Waals surface area contributed by atoms with Crippen LogP contribution in [0.5, 0.6) is 0 Å². The molecule has 1 atom stereocenters. The molecular formula is C12H24N2O2. The van der Waals surface area contributed by atoms with Crippen molar-refractivity contribution in [3.05, 3.63) is 0 Å². The van der Waals surface area contributed by atoms with Crippen LogP contribution in [0.15, 0.2) is 0 Å². The summed E-state index contributed by atoms with van der Waals surface area (Å²) in [6.07, 6.45) is 2.39. The number of nitrogens with zero attached hydrogens (tertiary/aromatic N) is 1. The predicted octanol–water partition coefficient (Wildman–Crippen LogP) is 1.31. The van der Waals surface area contributed by atoms with Gasteiger partial charge in [0.1, 0.15) is 5.54 Å². The van der Waals surface area contributed by atoms with E-state index in [9.17, 15) is 9.90 Å². The summed E-state index contributed by atoms with van der Waals surface area (Å²) in [5, 5.41) is 12.7. The number of aliphatic carboxylic acids is 1. The minimum absolute atomic E-state index is 0.212. The number of likely N-dealkylation sites (tertiary alicyclic amines) is 1. The van der Waals surface area contributed by atoms with Crippen LogP contribution in [-0.2, 0) is 4.79 Å². The summed E-state index contributed by atoms with van der Waals surface area (Å²) in [6, 6.07) is 0.212. The molecule has 0 radical (unpaired) electrons. The number of carbonyl (C=O) groups is 1. The lowest BCUT2D eigenvalue weighted by atomic mass is 9.90. The third kappa shape index (κ3) is 3.19. The predicted molar refractivity (Wildman–Crippen MR) is 64.6 cm³/mol. The number of carboxylic acid groups (broad SMARTS) is 1. The van der Waals surface area contributed by atoms with Crippen molar-refractivity contribution >= 4 is 5.97 Å². The zero-order chi connectivity index (χ0) is 12.2. The van der Waals surface area contributed by atoms with Crippen LogP contribution in [0.2, 0.25) is 0 Å². The minimum Gasteiger partial charge on any atom is -0.480 e. The molecule has 1 saturated heterocycles. The van der Waals surface area contributed by atoms with Gasteiger partial charge in [0.15, 0.2) is 0 Å². The van der Waals surface area contributed by atoms with Gasteiger partial charge in [0.25, 0.3) is 0 Å². The van der Waals surface area contributed by atoms with Gasteiger partial charge >= 0.3 is 5.97 Å². The van der Waals surface area contributed by atoms with Crippen LogP contribution >= 0.6 is 0 Å². The number of rotatable bonds is 4. The quantitative estimate of drug-likeness (QED) is 0.762. The fraction of sp³-hybridized carbons (Fsp3) is 0.917. The molecule has 4 heteroatoms. The largest absolute Gasteiger partial charge is 0.480 e. The van der Waals surface area contributed by atoms with E-state index in [-0.39, 0.29) is 6.04 Å². The van der Waals surface area contributed by atoms with Gasteiger partial charge in [-0.25, -0.2) is 0 Å². The van der Waals surface area contributed by atoms with Gasteiger partial charge in [0.05, 0.1) is 0 Å². The lowest BCUT2D eigenvalue weighted by molar-refractivity contribution is -0.145. The molecule has 0 aromatic heterocycles. The van der Waals surface area contributed by atoms with Crippen molar-refractivity contribution in [2.45, 2.75) is 51.6 Å². The average Bonchev–Trinajstić information content (AvgIpc) is 2.40. The zero-order valence-corrected chi connectivity index (χ0v) is 10.6. The SMILES string of the molecule is CCN1CCCC(NC(C)C)(C(=O)O)CC1. The van der Waals surface area contributed by atoms with E-state index in [1.807, 2.05) is 13.8 Å². The van der Waals surface area contributed by atoms with Gasteiger partial charge in [0, 0.05) is 12.6 Å². The Kier molecular flexibility index (Phi) is 4.74. The summed E-state index contributed by atoms with van der Waals surface area (Å²) in [5.74, 6) is -0.695. The first kappa shape index (κ1) is 13.5. The third-order valence-corrected chi connectivity index (χ3v) is 3.35. The Labute approximate surface area is 98.0 Å². The van der Waals surface area contributed by atoms with E-state index in [0.717, 1.165) is 32.5 Å². The zero-order valence-electron chi connectivity index (χ0n) is 10.6. The molecule has 0 saturated carbocycles. The van der Waals surface area contributed by atoms with E-state index in [1.54, 1.807) is 0 Å². The highest BCUT2D eigenvalue weighted by Gasteiger charge is 2.39. The topological polar surface area (TPSA) is 52.6 Å². The number of hydrogen-bond acceptors (Lipinski definition) is 3. The van der Waals surface area contributed by atoms with E-state index in [2.05, 4.69) is 17.1 Å². The molecule has 1 unspecified atom stereocenters. The van der Waals surface area contributed by atoms with Crippen molar-refractivity contribution in [3.63, 3.8) is 0 Å². The molecule has 0 bridgehead atoms. The average molecular weight is 228 g/mol. The molecule has 1 fully saturated rings. The lowest BCUT2D eigenvalue weighted by Crippen LogP contribution is -2.55. The van der Waals surface area contributed by atoms with Gasteiger partial charge in [-0.2, -0.15) is 0 Å². The molecule has 0 amide bonds. The number of carboxylic acids is 1. The molecule has 0 spiro atoms. The van der Waals surface area contributed by atoms with Crippen LogP contribution in [0.3, 0.4) is 0 Å². The normalized spacial score (nSPS) is 28.0. The molecule has 2 N–H and O–H groups in total. The summed E-state index contributed by atoms with van der Waals surface area (Å²) < 4.78 is 0. The molecular weight excluding hydrogens is 204 g/mol. The maximum atomic E-state index is 11.5.